The van der Waals surface area contributed by atoms with Crippen LogP contribution in [0.3, 0.4) is 0 Å². The van der Waals surface area contributed by atoms with Gasteiger partial charge >= 0.3 is 0 Å². The summed E-state index contributed by atoms with van der Waals surface area (Å²) in [5.41, 5.74) is 4.47. The van der Waals surface area contributed by atoms with Gasteiger partial charge in [-0.05, 0) is 51.0 Å². The largest absolute Gasteiger partial charge is 0.324 e. The summed E-state index contributed by atoms with van der Waals surface area (Å²) in [4.78, 5) is 37.5. The number of carbonyl (C=O) groups is 2. The van der Waals surface area contributed by atoms with Crippen LogP contribution in [0.2, 0.25) is 0 Å². The van der Waals surface area contributed by atoms with Gasteiger partial charge in [-0.1, -0.05) is 42.0 Å². The highest BCUT2D eigenvalue weighted by atomic mass is 16.2. The number of rotatable bonds is 5. The number of amides is 2. The average molecular weight is 418 g/mol. The third-order valence-electron chi connectivity index (χ3n) is 4.99. The summed E-state index contributed by atoms with van der Waals surface area (Å²) >= 11 is 0. The first kappa shape index (κ1) is 22.0. The Kier molecular flexibility index (Phi) is 6.34. The van der Waals surface area contributed by atoms with Gasteiger partial charge in [0.1, 0.15) is 11.7 Å². The van der Waals surface area contributed by atoms with Crippen molar-refractivity contribution < 1.29 is 9.59 Å². The quantitative estimate of drug-likeness (QED) is 0.655. The number of benzene rings is 2. The lowest BCUT2D eigenvalue weighted by Crippen LogP contribution is -2.35. The predicted octanol–water partition coefficient (Wildman–Crippen LogP) is 3.99. The lowest BCUT2D eigenvalue weighted by Gasteiger charge is -2.18. The molecule has 2 aromatic carbocycles. The Morgan fingerprint density at radius 3 is 2.19 bits per heavy atom. The minimum absolute atomic E-state index is 0.0736. The summed E-state index contributed by atoms with van der Waals surface area (Å²) in [6.45, 7) is 8.74. The molecule has 160 valence electrons. The zero-order valence-corrected chi connectivity index (χ0v) is 18.3. The Hall–Kier alpha value is -3.74. The monoisotopic (exact) mass is 418 g/mol. The Morgan fingerprint density at radius 2 is 1.55 bits per heavy atom. The van der Waals surface area contributed by atoms with Gasteiger partial charge < -0.3 is 10.6 Å². The van der Waals surface area contributed by atoms with Crippen LogP contribution in [0.15, 0.2) is 53.3 Å². The summed E-state index contributed by atoms with van der Waals surface area (Å²) in [6.07, 6.45) is 0. The van der Waals surface area contributed by atoms with Crippen LogP contribution in [0.4, 0.5) is 11.4 Å². The van der Waals surface area contributed by atoms with Crippen LogP contribution < -0.4 is 16.2 Å². The number of nitrogens with one attached hydrogen (secondary N) is 2. The minimum Gasteiger partial charge on any atom is -0.324 e. The summed E-state index contributed by atoms with van der Waals surface area (Å²) in [5.74, 6) is -0.754. The fourth-order valence-corrected chi connectivity index (χ4v) is 3.14. The van der Waals surface area contributed by atoms with Gasteiger partial charge in [0, 0.05) is 18.2 Å². The molecule has 0 aliphatic carbocycles. The molecule has 0 unspecified atom stereocenters. The van der Waals surface area contributed by atoms with Gasteiger partial charge in [0.2, 0.25) is 11.8 Å². The highest BCUT2D eigenvalue weighted by molar-refractivity contribution is 5.94. The van der Waals surface area contributed by atoms with E-state index < -0.39 is 11.6 Å². The smallest absolute Gasteiger partial charge is 0.291 e. The summed E-state index contributed by atoms with van der Waals surface area (Å²) < 4.78 is 1.11. The zero-order valence-electron chi connectivity index (χ0n) is 18.3. The topological polar surface area (TPSA) is 93.1 Å². The number of anilines is 2. The Labute approximate surface area is 181 Å². The molecule has 0 saturated carbocycles. The first-order valence-corrected chi connectivity index (χ1v) is 10.0. The van der Waals surface area contributed by atoms with Crippen LogP contribution in [0.25, 0.3) is 11.3 Å². The maximum atomic E-state index is 13.0. The van der Waals surface area contributed by atoms with Gasteiger partial charge in [-0.3, -0.25) is 14.4 Å². The van der Waals surface area contributed by atoms with Crippen LogP contribution in [0, 0.1) is 20.8 Å². The first-order chi connectivity index (χ1) is 14.7. The molecule has 31 heavy (non-hydrogen) atoms. The second-order valence-electron chi connectivity index (χ2n) is 7.72. The van der Waals surface area contributed by atoms with Crippen LogP contribution in [-0.2, 0) is 9.59 Å². The van der Waals surface area contributed by atoms with Gasteiger partial charge in [0.05, 0.1) is 5.69 Å². The molecular formula is C24H26N4O3. The van der Waals surface area contributed by atoms with Crippen LogP contribution in [0.5, 0.6) is 0 Å². The first-order valence-electron chi connectivity index (χ1n) is 10.0. The van der Waals surface area contributed by atoms with Crippen LogP contribution in [0.1, 0.15) is 36.6 Å². The lowest BCUT2D eigenvalue weighted by atomic mass is 10.1. The van der Waals surface area contributed by atoms with E-state index in [4.69, 9.17) is 0 Å². The molecule has 0 fully saturated rings. The fraction of sp³-hybridized carbons (Fsp3) is 0.250. The van der Waals surface area contributed by atoms with Crippen LogP contribution >= 0.6 is 0 Å². The summed E-state index contributed by atoms with van der Waals surface area (Å²) in [5, 5.41) is 9.86. The highest BCUT2D eigenvalue weighted by Gasteiger charge is 2.21. The third-order valence-corrected chi connectivity index (χ3v) is 4.99. The normalized spacial score (nSPS) is 11.6. The highest BCUT2D eigenvalue weighted by Crippen LogP contribution is 2.21. The predicted molar refractivity (Wildman–Crippen MR) is 122 cm³/mol. The van der Waals surface area contributed by atoms with Crippen molar-refractivity contribution in [3.8, 4) is 11.3 Å². The Bertz CT molecular complexity index is 1200. The van der Waals surface area contributed by atoms with Crippen molar-refractivity contribution in [1.82, 2.24) is 9.78 Å². The van der Waals surface area contributed by atoms with E-state index in [2.05, 4.69) is 15.7 Å². The van der Waals surface area contributed by atoms with E-state index in [-0.39, 0.29) is 17.5 Å². The molecular weight excluding hydrogens is 392 g/mol. The number of aromatic nitrogens is 2. The maximum Gasteiger partial charge on any atom is 0.291 e. The minimum atomic E-state index is -0.898. The molecule has 0 aliphatic heterocycles. The van der Waals surface area contributed by atoms with Crippen molar-refractivity contribution >= 4 is 23.2 Å². The van der Waals surface area contributed by atoms with E-state index in [9.17, 15) is 14.4 Å². The van der Waals surface area contributed by atoms with Gasteiger partial charge in [0.25, 0.3) is 5.56 Å². The van der Waals surface area contributed by atoms with E-state index in [0.717, 1.165) is 26.9 Å². The molecule has 0 saturated heterocycles. The molecule has 1 heterocycles. The van der Waals surface area contributed by atoms with E-state index in [1.54, 1.807) is 6.92 Å². The van der Waals surface area contributed by atoms with Crippen molar-refractivity contribution in [2.45, 2.75) is 40.7 Å². The Balaban J connectivity index is 2.03. The van der Waals surface area contributed by atoms with Crippen molar-refractivity contribution in [1.29, 1.82) is 0 Å². The molecule has 0 radical (unpaired) electrons. The molecule has 1 atom stereocenters. The van der Waals surface area contributed by atoms with Crippen molar-refractivity contribution in [3.63, 3.8) is 0 Å². The molecule has 7 nitrogen and oxygen atoms in total. The zero-order chi connectivity index (χ0) is 22.7. The second-order valence-corrected chi connectivity index (χ2v) is 7.72. The van der Waals surface area contributed by atoms with Crippen molar-refractivity contribution in [3.05, 3.63) is 75.6 Å². The maximum absolute atomic E-state index is 13.0. The molecule has 3 aromatic rings. The van der Waals surface area contributed by atoms with Gasteiger partial charge in [0.15, 0.2) is 0 Å². The molecule has 1 aromatic heterocycles. The molecule has 7 heteroatoms. The summed E-state index contributed by atoms with van der Waals surface area (Å²) in [7, 11) is 0. The lowest BCUT2D eigenvalue weighted by molar-refractivity contribution is -0.119. The Morgan fingerprint density at radius 1 is 0.903 bits per heavy atom. The number of nitrogens with zero attached hydrogens (tertiary/aromatic N) is 2. The molecule has 0 bridgehead atoms. The van der Waals surface area contributed by atoms with E-state index in [1.165, 1.54) is 13.0 Å². The number of carbonyl (C=O) groups excluding carboxylic acids is 2. The van der Waals surface area contributed by atoms with Crippen molar-refractivity contribution in [2.24, 2.45) is 0 Å². The van der Waals surface area contributed by atoms with Gasteiger partial charge in [-0.15, -0.1) is 0 Å². The summed E-state index contributed by atoms with van der Waals surface area (Å²) in [6, 6.07) is 14.0. The fourth-order valence-electron chi connectivity index (χ4n) is 3.14. The third kappa shape index (κ3) is 5.06. The molecule has 0 spiro atoms. The van der Waals surface area contributed by atoms with E-state index in [1.807, 2.05) is 63.2 Å². The van der Waals surface area contributed by atoms with Crippen LogP contribution in [-0.4, -0.2) is 21.6 Å². The van der Waals surface area contributed by atoms with Gasteiger partial charge in [-0.2, -0.15) is 5.10 Å². The van der Waals surface area contributed by atoms with E-state index in [0.29, 0.717) is 11.4 Å². The molecule has 0 aliphatic rings. The second kappa shape index (κ2) is 8.95. The molecule has 3 rings (SSSR count). The standard InChI is InChI=1S/C24H26N4O3/c1-14-7-10-19(11-8-14)21-13-22(25-18(5)29)24(31)28(27-21)17(4)23(30)26-20-12-15(2)6-9-16(20)3/h6-13,17H,1-5H3,(H,25,29)(H,26,30)/t17-/m1/s1. The molecule has 2 N–H and O–H groups in total. The number of hydrogen-bond donors (Lipinski definition) is 2. The molecule has 2 amide bonds. The average Bonchev–Trinajstić information content (AvgIpc) is 2.72. The van der Waals surface area contributed by atoms with Crippen molar-refractivity contribution in [2.75, 3.05) is 10.6 Å². The number of hydrogen-bond acceptors (Lipinski definition) is 4. The van der Waals surface area contributed by atoms with E-state index >= 15 is 0 Å². The number of aryl methyl sites for hydroxylation is 3. The SMILES string of the molecule is CC(=O)Nc1cc(-c2ccc(C)cc2)nn([C@H](C)C(=O)Nc2cc(C)ccc2C)c1=O. The van der Waals surface area contributed by atoms with Gasteiger partial charge in [-0.25, -0.2) is 4.68 Å².